The second-order valence-corrected chi connectivity index (χ2v) is 11.8. The minimum Gasteiger partial charge on any atom is -0.480 e. The van der Waals surface area contributed by atoms with Crippen molar-refractivity contribution in [1.29, 1.82) is 0 Å². The van der Waals surface area contributed by atoms with Crippen molar-refractivity contribution >= 4 is 35.1 Å². The molecule has 16 heteroatoms. The van der Waals surface area contributed by atoms with Crippen LogP contribution in [0, 0.1) is 0 Å². The molecule has 2 aromatic rings. The first-order chi connectivity index (χ1) is 18.9. The Labute approximate surface area is 236 Å². The van der Waals surface area contributed by atoms with Crippen LogP contribution < -0.4 is 16.4 Å². The second-order valence-electron chi connectivity index (χ2n) is 11.8. The Morgan fingerprint density at radius 3 is 2.20 bits per heavy atom. The van der Waals surface area contributed by atoms with Crippen LogP contribution in [0.4, 0.5) is 15.4 Å². The number of aliphatic hydroxyl groups is 2. The highest BCUT2D eigenvalue weighted by Gasteiger charge is 2.45. The lowest BCUT2D eigenvalue weighted by Crippen LogP contribution is -2.46. The summed E-state index contributed by atoms with van der Waals surface area (Å²) >= 11 is 0. The molecule has 0 saturated carbocycles. The van der Waals surface area contributed by atoms with E-state index in [2.05, 4.69) is 25.6 Å². The monoisotopic (exact) mass is 581 g/mol. The molecular weight excluding hydrogens is 542 g/mol. The number of carboxylic acid groups (broad SMARTS) is 1. The van der Waals surface area contributed by atoms with E-state index in [4.69, 9.17) is 19.9 Å². The number of ether oxygens (including phenoxy) is 3. The summed E-state index contributed by atoms with van der Waals surface area (Å²) < 4.78 is 17.9. The van der Waals surface area contributed by atoms with Gasteiger partial charge in [-0.15, -0.1) is 0 Å². The topological polar surface area (TPSA) is 233 Å². The Morgan fingerprint density at radius 2 is 1.61 bits per heavy atom. The van der Waals surface area contributed by atoms with Crippen LogP contribution in [0.25, 0.3) is 11.2 Å². The summed E-state index contributed by atoms with van der Waals surface area (Å²) in [5, 5.41) is 36.3. The predicted molar refractivity (Wildman–Crippen MR) is 143 cm³/mol. The molecule has 1 fully saturated rings. The summed E-state index contributed by atoms with van der Waals surface area (Å²) in [6.07, 6.45) is -4.03. The number of alkyl carbamates (subject to hydrolysis) is 2. The molecule has 6 atom stereocenters. The molecular formula is C25H39N7O9. The number of aromatic nitrogens is 4. The first-order valence-electron chi connectivity index (χ1n) is 13.1. The van der Waals surface area contributed by atoms with E-state index in [1.165, 1.54) is 17.2 Å². The number of nitrogens with one attached hydrogen (secondary N) is 2. The highest BCUT2D eigenvalue weighted by Crippen LogP contribution is 2.34. The van der Waals surface area contributed by atoms with Gasteiger partial charge in [-0.1, -0.05) is 0 Å². The predicted octanol–water partition coefficient (Wildman–Crippen LogP) is 1.07. The molecule has 0 aliphatic carbocycles. The van der Waals surface area contributed by atoms with Crippen molar-refractivity contribution < 1.29 is 43.9 Å². The van der Waals surface area contributed by atoms with Crippen LogP contribution >= 0.6 is 0 Å². The third-order valence-corrected chi connectivity index (χ3v) is 6.03. The summed E-state index contributed by atoms with van der Waals surface area (Å²) in [7, 11) is 0. The summed E-state index contributed by atoms with van der Waals surface area (Å²) in [6.45, 7) is 9.99. The van der Waals surface area contributed by atoms with E-state index in [0.29, 0.717) is 5.52 Å². The summed E-state index contributed by atoms with van der Waals surface area (Å²) in [5.74, 6) is -1.17. The van der Waals surface area contributed by atoms with Gasteiger partial charge in [-0.3, -0.25) is 4.57 Å². The number of hydrogen-bond acceptors (Lipinski definition) is 12. The normalized spacial score (nSPS) is 22.6. The number of nitrogen functional groups attached to an aromatic ring is 1. The number of nitrogens with two attached hydrogens (primary N) is 1. The number of anilines is 1. The van der Waals surface area contributed by atoms with Gasteiger partial charge in [-0.05, 0) is 60.8 Å². The molecule has 16 nitrogen and oxygen atoms in total. The highest BCUT2D eigenvalue weighted by molar-refractivity contribution is 5.81. The number of aliphatic hydroxyl groups excluding tert-OH is 2. The summed E-state index contributed by atoms with van der Waals surface area (Å²) in [5.41, 5.74) is 4.78. The number of imidazole rings is 1. The maximum atomic E-state index is 12.6. The SMILES string of the molecule is CC(C)(C)OC(=O)N[C@@H](CC[C@H](NC(=O)OC(C)(C)C)C(=O)O)C[C@H]1O[C@@H](n2cnc3c(N)ncnc32)C(O)C1O. The van der Waals surface area contributed by atoms with Gasteiger partial charge in [-0.2, -0.15) is 0 Å². The average Bonchev–Trinajstić information content (AvgIpc) is 3.36. The van der Waals surface area contributed by atoms with Crippen LogP contribution in [0.1, 0.15) is 67.0 Å². The molecule has 1 aliphatic rings. The zero-order chi connectivity index (χ0) is 30.7. The van der Waals surface area contributed by atoms with E-state index in [1.807, 2.05) is 0 Å². The van der Waals surface area contributed by atoms with Gasteiger partial charge in [0.25, 0.3) is 0 Å². The minimum absolute atomic E-state index is 0.0313. The van der Waals surface area contributed by atoms with Crippen molar-refractivity contribution in [2.45, 2.75) is 109 Å². The van der Waals surface area contributed by atoms with E-state index in [0.717, 1.165) is 0 Å². The molecule has 0 aromatic carbocycles. The van der Waals surface area contributed by atoms with Crippen LogP contribution in [0.5, 0.6) is 0 Å². The van der Waals surface area contributed by atoms with Gasteiger partial charge in [0.05, 0.1) is 12.4 Å². The third-order valence-electron chi connectivity index (χ3n) is 6.03. The Kier molecular flexibility index (Phi) is 9.61. The first-order valence-corrected chi connectivity index (χ1v) is 13.1. The molecule has 1 aliphatic heterocycles. The number of carbonyl (C=O) groups excluding carboxylic acids is 2. The first kappa shape index (κ1) is 31.8. The number of hydrogen-bond donors (Lipinski definition) is 6. The molecule has 1 saturated heterocycles. The van der Waals surface area contributed by atoms with Gasteiger partial charge in [0.2, 0.25) is 0 Å². The maximum Gasteiger partial charge on any atom is 0.408 e. The molecule has 7 N–H and O–H groups in total. The number of fused-ring (bicyclic) bond motifs is 1. The van der Waals surface area contributed by atoms with Gasteiger partial charge in [0, 0.05) is 6.04 Å². The van der Waals surface area contributed by atoms with Crippen molar-refractivity contribution in [2.75, 3.05) is 5.73 Å². The fourth-order valence-corrected chi connectivity index (χ4v) is 4.29. The lowest BCUT2D eigenvalue weighted by molar-refractivity contribution is -0.139. The van der Waals surface area contributed by atoms with Crippen LogP contribution in [-0.4, -0.2) is 94.6 Å². The number of amides is 2. The zero-order valence-electron chi connectivity index (χ0n) is 23.9. The van der Waals surface area contributed by atoms with Gasteiger partial charge in [0.15, 0.2) is 17.7 Å². The lowest BCUT2D eigenvalue weighted by Gasteiger charge is -2.27. The number of aliphatic carboxylic acids is 1. The molecule has 3 heterocycles. The lowest BCUT2D eigenvalue weighted by atomic mass is 9.97. The molecule has 228 valence electrons. The van der Waals surface area contributed by atoms with Crippen molar-refractivity contribution in [2.24, 2.45) is 0 Å². The van der Waals surface area contributed by atoms with Gasteiger partial charge in [0.1, 0.15) is 41.3 Å². The second kappa shape index (κ2) is 12.4. The smallest absolute Gasteiger partial charge is 0.408 e. The van der Waals surface area contributed by atoms with Crippen molar-refractivity contribution in [1.82, 2.24) is 30.2 Å². The molecule has 0 spiro atoms. The molecule has 3 rings (SSSR count). The van der Waals surface area contributed by atoms with Crippen LogP contribution in [0.3, 0.4) is 0 Å². The van der Waals surface area contributed by atoms with Gasteiger partial charge < -0.3 is 45.9 Å². The van der Waals surface area contributed by atoms with Gasteiger partial charge >= 0.3 is 18.2 Å². The Morgan fingerprint density at radius 1 is 1.00 bits per heavy atom. The number of carbonyl (C=O) groups is 3. The van der Waals surface area contributed by atoms with E-state index in [9.17, 15) is 29.7 Å². The highest BCUT2D eigenvalue weighted by atomic mass is 16.6. The van der Waals surface area contributed by atoms with Crippen LogP contribution in [0.15, 0.2) is 12.7 Å². The Balaban J connectivity index is 1.76. The standard InChI is InChI=1S/C25H39N7O9/c1-24(2,3)40-22(37)30-12(7-8-13(21(35)36)31-23(38)41-25(4,5)6)9-14-16(33)17(34)20(39-14)32-11-29-15-18(26)27-10-28-19(15)32/h10-14,16-17,20,33-34H,7-9H2,1-6H3,(H,30,37)(H,31,38)(H,35,36)(H2,26,27,28)/t12-,13-,14+,16?,17?,20+/m0/s1. The quantitative estimate of drug-likeness (QED) is 0.243. The number of rotatable bonds is 9. The molecule has 2 amide bonds. The molecule has 2 unspecified atom stereocenters. The molecule has 2 aromatic heterocycles. The maximum absolute atomic E-state index is 12.6. The van der Waals surface area contributed by atoms with E-state index >= 15 is 0 Å². The molecule has 0 radical (unpaired) electrons. The average molecular weight is 582 g/mol. The van der Waals surface area contributed by atoms with Crippen LogP contribution in [-0.2, 0) is 19.0 Å². The summed E-state index contributed by atoms with van der Waals surface area (Å²) in [6, 6.07) is -2.11. The van der Waals surface area contributed by atoms with Gasteiger partial charge in [-0.25, -0.2) is 29.3 Å². The largest absolute Gasteiger partial charge is 0.480 e. The number of carboxylic acids is 1. The van der Waals surface area contributed by atoms with E-state index in [1.54, 1.807) is 41.5 Å². The third kappa shape index (κ3) is 8.61. The van der Waals surface area contributed by atoms with Crippen LogP contribution in [0.2, 0.25) is 0 Å². The number of nitrogens with zero attached hydrogens (tertiary/aromatic N) is 4. The van der Waals surface area contributed by atoms with E-state index in [-0.39, 0.29) is 30.7 Å². The fraction of sp³-hybridized carbons (Fsp3) is 0.680. The van der Waals surface area contributed by atoms with E-state index < -0.39 is 66.0 Å². The van der Waals surface area contributed by atoms with Crippen molar-refractivity contribution in [3.05, 3.63) is 12.7 Å². The summed E-state index contributed by atoms with van der Waals surface area (Å²) in [4.78, 5) is 48.8. The Hall–Kier alpha value is -3.76. The molecule has 0 bridgehead atoms. The fourth-order valence-electron chi connectivity index (χ4n) is 4.29. The van der Waals surface area contributed by atoms with Crippen molar-refractivity contribution in [3.63, 3.8) is 0 Å². The Bertz CT molecular complexity index is 1240. The minimum atomic E-state index is -1.39. The molecule has 41 heavy (non-hydrogen) atoms. The van der Waals surface area contributed by atoms with Crippen molar-refractivity contribution in [3.8, 4) is 0 Å². The zero-order valence-corrected chi connectivity index (χ0v) is 23.9.